The maximum absolute atomic E-state index is 14.3. The van der Waals surface area contributed by atoms with Crippen LogP contribution in [0.3, 0.4) is 0 Å². The van der Waals surface area contributed by atoms with Crippen molar-refractivity contribution >= 4 is 40.9 Å². The number of allylic oxidation sites excluding steroid dienone is 1. The van der Waals surface area contributed by atoms with E-state index in [1.807, 2.05) is 25.1 Å². The molecule has 4 rings (SSSR count). The van der Waals surface area contributed by atoms with Crippen LogP contribution in [0.4, 0.5) is 20.6 Å². The molecule has 2 aliphatic rings. The van der Waals surface area contributed by atoms with Gasteiger partial charge >= 0.3 is 6.03 Å². The number of benzene rings is 2. The first kappa shape index (κ1) is 22.5. The molecule has 1 saturated heterocycles. The average molecular weight is 448 g/mol. The van der Waals surface area contributed by atoms with E-state index in [-0.39, 0.29) is 16.8 Å². The number of amides is 4. The van der Waals surface area contributed by atoms with E-state index < -0.39 is 23.7 Å². The van der Waals surface area contributed by atoms with Gasteiger partial charge in [0.1, 0.15) is 11.4 Å². The molecule has 2 heterocycles. The van der Waals surface area contributed by atoms with Crippen molar-refractivity contribution in [3.8, 4) is 0 Å². The smallest absolute Gasteiger partial charge is 0.336 e. The third-order valence-electron chi connectivity index (χ3n) is 5.95. The minimum Gasteiger partial charge on any atom is -0.362 e. The van der Waals surface area contributed by atoms with E-state index >= 15 is 0 Å². The molecule has 4 amide bonds. The van der Waals surface area contributed by atoms with E-state index in [9.17, 15) is 18.8 Å². The summed E-state index contributed by atoms with van der Waals surface area (Å²) in [5.74, 6) is -2.41. The molecule has 2 aromatic rings. The van der Waals surface area contributed by atoms with E-state index in [1.54, 1.807) is 0 Å². The highest BCUT2D eigenvalue weighted by atomic mass is 19.1. The normalized spacial score (nSPS) is 18.9. The van der Waals surface area contributed by atoms with Gasteiger partial charge in [-0.25, -0.2) is 14.1 Å². The number of hydrogen-bond donors (Lipinski definition) is 1. The van der Waals surface area contributed by atoms with Crippen LogP contribution in [0.1, 0.15) is 45.2 Å². The number of nitrogens with one attached hydrogen (secondary N) is 1. The summed E-state index contributed by atoms with van der Waals surface area (Å²) in [5.41, 5.74) is 3.27. The molecule has 0 unspecified atom stereocenters. The van der Waals surface area contributed by atoms with Crippen LogP contribution < -0.4 is 15.1 Å². The fourth-order valence-electron chi connectivity index (χ4n) is 4.50. The Kier molecular flexibility index (Phi) is 5.66. The van der Waals surface area contributed by atoms with Gasteiger partial charge < -0.3 is 4.90 Å². The Hall–Kier alpha value is -3.74. The number of hydrogen-bond acceptors (Lipinski definition) is 4. The summed E-state index contributed by atoms with van der Waals surface area (Å²) in [4.78, 5) is 40.9. The van der Waals surface area contributed by atoms with E-state index in [0.29, 0.717) is 10.5 Å². The summed E-state index contributed by atoms with van der Waals surface area (Å²) in [6.45, 7) is 9.41. The van der Waals surface area contributed by atoms with Crippen LogP contribution in [0.5, 0.6) is 0 Å². The third-order valence-corrected chi connectivity index (χ3v) is 5.95. The number of imide groups is 2. The largest absolute Gasteiger partial charge is 0.362 e. The van der Waals surface area contributed by atoms with E-state index in [1.165, 1.54) is 24.3 Å². The van der Waals surface area contributed by atoms with Crippen molar-refractivity contribution < 1.29 is 18.8 Å². The Morgan fingerprint density at radius 2 is 1.79 bits per heavy atom. The molecule has 0 aliphatic carbocycles. The summed E-state index contributed by atoms with van der Waals surface area (Å²) in [7, 11) is 0. The van der Waals surface area contributed by atoms with Gasteiger partial charge in [-0.05, 0) is 68.7 Å². The van der Waals surface area contributed by atoms with Gasteiger partial charge in [-0.15, -0.1) is 0 Å². The SMILES string of the molecule is CCCN1c2ccc(/C=C3/C(=O)NC(=O)N(c4ccccc4F)C3=O)cc2C(C)=CC1(C)C. The van der Waals surface area contributed by atoms with Crippen LogP contribution >= 0.6 is 0 Å². The topological polar surface area (TPSA) is 69.7 Å². The second kappa shape index (κ2) is 8.31. The molecule has 0 spiro atoms. The molecule has 1 fully saturated rings. The van der Waals surface area contributed by atoms with Crippen molar-refractivity contribution in [3.63, 3.8) is 0 Å². The quantitative estimate of drug-likeness (QED) is 0.534. The molecule has 6 nitrogen and oxygen atoms in total. The number of rotatable bonds is 4. The van der Waals surface area contributed by atoms with E-state index in [4.69, 9.17) is 0 Å². The lowest BCUT2D eigenvalue weighted by molar-refractivity contribution is -0.122. The van der Waals surface area contributed by atoms with Gasteiger partial charge in [0.15, 0.2) is 0 Å². The Morgan fingerprint density at radius 3 is 2.48 bits per heavy atom. The van der Waals surface area contributed by atoms with Crippen LogP contribution in [-0.2, 0) is 9.59 Å². The first-order chi connectivity index (χ1) is 15.6. The lowest BCUT2D eigenvalue weighted by Gasteiger charge is -2.43. The zero-order chi connectivity index (χ0) is 23.9. The first-order valence-corrected chi connectivity index (χ1v) is 10.9. The summed E-state index contributed by atoms with van der Waals surface area (Å²) >= 11 is 0. The molecule has 0 radical (unpaired) electrons. The number of fused-ring (bicyclic) bond motifs is 1. The molecular weight excluding hydrogens is 421 g/mol. The van der Waals surface area contributed by atoms with Crippen LogP contribution in [0.2, 0.25) is 0 Å². The Balaban J connectivity index is 1.75. The predicted octanol–water partition coefficient (Wildman–Crippen LogP) is 4.90. The van der Waals surface area contributed by atoms with E-state index in [2.05, 4.69) is 37.1 Å². The Bertz CT molecular complexity index is 1230. The molecule has 2 aliphatic heterocycles. The van der Waals surface area contributed by atoms with Crippen molar-refractivity contribution in [2.75, 3.05) is 16.3 Å². The summed E-state index contributed by atoms with van der Waals surface area (Å²) < 4.78 is 14.3. The van der Waals surface area contributed by atoms with Gasteiger partial charge in [0, 0.05) is 17.8 Å². The molecular formula is C26H26FN3O3. The summed E-state index contributed by atoms with van der Waals surface area (Å²) in [5, 5.41) is 2.13. The Labute approximate surface area is 192 Å². The van der Waals surface area contributed by atoms with Crippen LogP contribution in [0, 0.1) is 5.82 Å². The number of anilines is 2. The van der Waals surface area contributed by atoms with E-state index in [0.717, 1.165) is 35.9 Å². The molecule has 170 valence electrons. The number of halogens is 1. The van der Waals surface area contributed by atoms with Crippen molar-refractivity contribution in [2.45, 2.75) is 39.7 Å². The molecule has 0 saturated carbocycles. The van der Waals surface area contributed by atoms with Gasteiger partial charge in [-0.1, -0.05) is 31.2 Å². The zero-order valence-electron chi connectivity index (χ0n) is 19.1. The number of para-hydroxylation sites is 1. The van der Waals surface area contributed by atoms with Crippen LogP contribution in [0.15, 0.2) is 54.1 Å². The lowest BCUT2D eigenvalue weighted by atomic mass is 9.87. The fourth-order valence-corrected chi connectivity index (χ4v) is 4.50. The minimum absolute atomic E-state index is 0.132. The standard InChI is InChI=1S/C26H26FN3O3/c1-5-12-29-21-11-10-17(13-18(21)16(2)15-26(29,3)4)14-19-23(31)28-25(33)30(24(19)32)22-9-7-6-8-20(22)27/h6-11,13-15H,5,12H2,1-4H3,(H,28,31,33)/b19-14-. The summed E-state index contributed by atoms with van der Waals surface area (Å²) in [6, 6.07) is 10.2. The zero-order valence-corrected chi connectivity index (χ0v) is 19.1. The van der Waals surface area contributed by atoms with Gasteiger partial charge in [0.2, 0.25) is 0 Å². The second-order valence-electron chi connectivity index (χ2n) is 8.82. The number of urea groups is 1. The Morgan fingerprint density at radius 1 is 1.06 bits per heavy atom. The van der Waals surface area contributed by atoms with Crippen molar-refractivity contribution in [1.82, 2.24) is 5.32 Å². The van der Waals surface area contributed by atoms with Gasteiger partial charge in [0.05, 0.1) is 11.2 Å². The van der Waals surface area contributed by atoms with Crippen LogP contribution in [0.25, 0.3) is 11.6 Å². The second-order valence-corrected chi connectivity index (χ2v) is 8.82. The number of nitrogens with zero attached hydrogens (tertiary/aromatic N) is 2. The monoisotopic (exact) mass is 447 g/mol. The lowest BCUT2D eigenvalue weighted by Crippen LogP contribution is -2.54. The van der Waals surface area contributed by atoms with Crippen molar-refractivity contribution in [3.05, 3.63) is 71.1 Å². The van der Waals surface area contributed by atoms with Crippen LogP contribution in [-0.4, -0.2) is 29.9 Å². The molecule has 0 aromatic heterocycles. The molecule has 33 heavy (non-hydrogen) atoms. The molecule has 2 aromatic carbocycles. The van der Waals surface area contributed by atoms with Gasteiger partial charge in [-0.3, -0.25) is 14.9 Å². The number of barbiturate groups is 1. The molecule has 1 N–H and O–H groups in total. The summed E-state index contributed by atoms with van der Waals surface area (Å²) in [6.07, 6.45) is 4.64. The number of carbonyl (C=O) groups excluding carboxylic acids is 3. The maximum Gasteiger partial charge on any atom is 0.336 e. The van der Waals surface area contributed by atoms with Gasteiger partial charge in [0.25, 0.3) is 11.8 Å². The first-order valence-electron chi connectivity index (χ1n) is 10.9. The fraction of sp³-hybridized carbons (Fsp3) is 0.269. The predicted molar refractivity (Wildman–Crippen MR) is 127 cm³/mol. The minimum atomic E-state index is -0.978. The third kappa shape index (κ3) is 3.95. The molecule has 7 heteroatoms. The highest BCUT2D eigenvalue weighted by Crippen LogP contribution is 2.39. The highest BCUT2D eigenvalue weighted by molar-refractivity contribution is 6.39. The van der Waals surface area contributed by atoms with Gasteiger partial charge in [-0.2, -0.15) is 0 Å². The highest BCUT2D eigenvalue weighted by Gasteiger charge is 2.38. The van der Waals surface area contributed by atoms with Crippen molar-refractivity contribution in [2.24, 2.45) is 0 Å². The number of carbonyl (C=O) groups is 3. The van der Waals surface area contributed by atoms with Crippen molar-refractivity contribution in [1.29, 1.82) is 0 Å². The maximum atomic E-state index is 14.3. The molecule has 0 bridgehead atoms. The molecule has 0 atom stereocenters. The average Bonchev–Trinajstić information content (AvgIpc) is 2.75.